The molecular weight excluding hydrogens is 500 g/mol. The average Bonchev–Trinajstić information content (AvgIpc) is 2.95. The summed E-state index contributed by atoms with van der Waals surface area (Å²) < 4.78 is 0. The molecule has 0 saturated carbocycles. The first-order valence-corrected chi connectivity index (χ1v) is 18.2. The molecule has 0 atom stereocenters. The molecule has 0 unspecified atom stereocenters. The van der Waals surface area contributed by atoms with E-state index in [0.29, 0.717) is 0 Å². The first kappa shape index (κ1) is 42.1. The summed E-state index contributed by atoms with van der Waals surface area (Å²) in [6, 6.07) is 0. The van der Waals surface area contributed by atoms with Crippen molar-refractivity contribution in [3.63, 3.8) is 0 Å². The molecule has 0 aromatic carbocycles. The Kier molecular flexibility index (Phi) is 38.0. The number of hydrogen-bond donors (Lipinski definition) is 1. The average molecular weight is 577 g/mol. The monoisotopic (exact) mass is 577 g/mol. The van der Waals surface area contributed by atoms with Gasteiger partial charge < -0.3 is 5.11 Å². The fourth-order valence-electron chi connectivity index (χ4n) is 5.67. The second-order valence-electron chi connectivity index (χ2n) is 12.5. The summed E-state index contributed by atoms with van der Waals surface area (Å²) in [4.78, 5) is 11.7. The quantitative estimate of drug-likeness (QED) is 0.0623. The SMILES string of the molecule is C.CCCCCCCC/C=C\CCCCCCCCC(CCCCCCCC/C=C\CCCCCCCC)C(=O)O. The Hall–Kier alpha value is -1.05. The molecule has 0 aromatic rings. The third-order valence-corrected chi connectivity index (χ3v) is 8.48. The van der Waals surface area contributed by atoms with Gasteiger partial charge in [-0.3, -0.25) is 4.79 Å². The van der Waals surface area contributed by atoms with Crippen molar-refractivity contribution in [2.24, 2.45) is 5.92 Å². The summed E-state index contributed by atoms with van der Waals surface area (Å²) in [6.45, 7) is 4.55. The van der Waals surface area contributed by atoms with Crippen molar-refractivity contribution in [1.29, 1.82) is 0 Å². The van der Waals surface area contributed by atoms with Crippen molar-refractivity contribution < 1.29 is 9.90 Å². The van der Waals surface area contributed by atoms with Crippen LogP contribution in [0.1, 0.15) is 214 Å². The highest BCUT2D eigenvalue weighted by Gasteiger charge is 2.16. The van der Waals surface area contributed by atoms with Gasteiger partial charge in [0.1, 0.15) is 0 Å². The lowest BCUT2D eigenvalue weighted by molar-refractivity contribution is -0.142. The van der Waals surface area contributed by atoms with Crippen LogP contribution in [0.3, 0.4) is 0 Å². The highest BCUT2D eigenvalue weighted by Crippen LogP contribution is 2.20. The van der Waals surface area contributed by atoms with E-state index >= 15 is 0 Å². The molecule has 0 aliphatic rings. The molecule has 2 nitrogen and oxygen atoms in total. The Bertz CT molecular complexity index is 508. The van der Waals surface area contributed by atoms with Crippen molar-refractivity contribution in [3.05, 3.63) is 24.3 Å². The van der Waals surface area contributed by atoms with Gasteiger partial charge in [0, 0.05) is 0 Å². The lowest BCUT2D eigenvalue weighted by Gasteiger charge is -2.12. The van der Waals surface area contributed by atoms with Crippen LogP contribution in [-0.2, 0) is 4.79 Å². The van der Waals surface area contributed by atoms with Crippen LogP contribution in [0.4, 0.5) is 0 Å². The maximum atomic E-state index is 11.7. The van der Waals surface area contributed by atoms with Crippen LogP contribution in [0, 0.1) is 5.92 Å². The standard InChI is InChI=1S/C38H72O2.CH4/c1-3-5-7-9-11-13-15-17-19-21-23-25-27-29-31-33-35-37(38(39)40)36-34-32-30-28-26-24-22-20-18-16-14-12-10-8-6-4-2;/h17-20,37H,3-16,21-36H2,1-2H3,(H,39,40);1H4/b19-17-,20-18-;. The van der Waals surface area contributed by atoms with Crippen LogP contribution in [0.5, 0.6) is 0 Å². The minimum atomic E-state index is -0.569. The van der Waals surface area contributed by atoms with E-state index in [4.69, 9.17) is 0 Å². The summed E-state index contributed by atoms with van der Waals surface area (Å²) in [5.74, 6) is -0.686. The predicted molar refractivity (Wildman–Crippen MR) is 186 cm³/mol. The Labute approximate surface area is 259 Å². The molecule has 0 aliphatic heterocycles. The molecule has 0 amide bonds. The van der Waals surface area contributed by atoms with E-state index in [1.54, 1.807) is 0 Å². The largest absolute Gasteiger partial charge is 0.481 e. The molecule has 41 heavy (non-hydrogen) atoms. The molecule has 244 valence electrons. The zero-order chi connectivity index (χ0) is 29.2. The highest BCUT2D eigenvalue weighted by molar-refractivity contribution is 5.69. The first-order valence-electron chi connectivity index (χ1n) is 18.2. The maximum Gasteiger partial charge on any atom is 0.306 e. The van der Waals surface area contributed by atoms with Gasteiger partial charge in [-0.2, -0.15) is 0 Å². The summed E-state index contributed by atoms with van der Waals surface area (Å²) in [5.41, 5.74) is 0. The van der Waals surface area contributed by atoms with E-state index in [1.807, 2.05) is 0 Å². The molecule has 0 bridgehead atoms. The molecule has 0 radical (unpaired) electrons. The maximum absolute atomic E-state index is 11.7. The lowest BCUT2D eigenvalue weighted by atomic mass is 9.94. The summed E-state index contributed by atoms with van der Waals surface area (Å²) >= 11 is 0. The van der Waals surface area contributed by atoms with E-state index in [-0.39, 0.29) is 13.3 Å². The number of rotatable bonds is 33. The van der Waals surface area contributed by atoms with Crippen molar-refractivity contribution in [2.75, 3.05) is 0 Å². The second-order valence-corrected chi connectivity index (χ2v) is 12.5. The third kappa shape index (κ3) is 35.1. The second kappa shape index (κ2) is 37.0. The van der Waals surface area contributed by atoms with Crippen molar-refractivity contribution in [3.8, 4) is 0 Å². The molecule has 0 saturated heterocycles. The first-order chi connectivity index (χ1) is 19.7. The van der Waals surface area contributed by atoms with Crippen LogP contribution in [0.15, 0.2) is 24.3 Å². The van der Waals surface area contributed by atoms with Gasteiger partial charge in [-0.1, -0.05) is 174 Å². The summed E-state index contributed by atoms with van der Waals surface area (Å²) in [5, 5.41) is 9.61. The molecule has 0 rings (SSSR count). The smallest absolute Gasteiger partial charge is 0.306 e. The number of allylic oxidation sites excluding steroid dienone is 4. The number of carbonyl (C=O) groups is 1. The molecular formula is C39H76O2. The van der Waals surface area contributed by atoms with Gasteiger partial charge in [0.15, 0.2) is 0 Å². The molecule has 0 heterocycles. The van der Waals surface area contributed by atoms with E-state index < -0.39 is 5.97 Å². The van der Waals surface area contributed by atoms with Gasteiger partial charge in [0.2, 0.25) is 0 Å². The molecule has 0 spiro atoms. The lowest BCUT2D eigenvalue weighted by Crippen LogP contribution is -2.13. The van der Waals surface area contributed by atoms with Crippen molar-refractivity contribution in [2.45, 2.75) is 214 Å². The van der Waals surface area contributed by atoms with E-state index in [1.165, 1.54) is 167 Å². The Morgan fingerprint density at radius 3 is 0.951 bits per heavy atom. The predicted octanol–water partition coefficient (Wildman–Crippen LogP) is 14.2. The van der Waals surface area contributed by atoms with Crippen molar-refractivity contribution >= 4 is 5.97 Å². The molecule has 0 aliphatic carbocycles. The zero-order valence-corrected chi connectivity index (χ0v) is 27.5. The Morgan fingerprint density at radius 1 is 0.439 bits per heavy atom. The third-order valence-electron chi connectivity index (χ3n) is 8.48. The highest BCUT2D eigenvalue weighted by atomic mass is 16.4. The van der Waals surface area contributed by atoms with Crippen LogP contribution < -0.4 is 0 Å². The molecule has 1 N–H and O–H groups in total. The number of hydrogen-bond acceptors (Lipinski definition) is 1. The zero-order valence-electron chi connectivity index (χ0n) is 27.5. The summed E-state index contributed by atoms with van der Waals surface area (Å²) in [6.07, 6.45) is 47.9. The van der Waals surface area contributed by atoms with Crippen LogP contribution in [-0.4, -0.2) is 11.1 Å². The van der Waals surface area contributed by atoms with Crippen LogP contribution >= 0.6 is 0 Å². The van der Waals surface area contributed by atoms with Gasteiger partial charge in [-0.05, 0) is 64.2 Å². The van der Waals surface area contributed by atoms with Gasteiger partial charge in [-0.25, -0.2) is 0 Å². The normalized spacial score (nSPS) is 11.7. The van der Waals surface area contributed by atoms with Gasteiger partial charge >= 0.3 is 5.97 Å². The minimum absolute atomic E-state index is 0. The van der Waals surface area contributed by atoms with Crippen LogP contribution in [0.2, 0.25) is 0 Å². The van der Waals surface area contributed by atoms with E-state index in [2.05, 4.69) is 38.2 Å². The fourth-order valence-corrected chi connectivity index (χ4v) is 5.67. The van der Waals surface area contributed by atoms with Gasteiger partial charge in [-0.15, -0.1) is 0 Å². The van der Waals surface area contributed by atoms with Crippen LogP contribution in [0.25, 0.3) is 0 Å². The number of carboxylic acids is 1. The summed E-state index contributed by atoms with van der Waals surface area (Å²) in [7, 11) is 0. The number of unbranched alkanes of at least 4 members (excludes halogenated alkanes) is 24. The minimum Gasteiger partial charge on any atom is -0.481 e. The topological polar surface area (TPSA) is 37.3 Å². The van der Waals surface area contributed by atoms with Gasteiger partial charge in [0.25, 0.3) is 0 Å². The molecule has 2 heteroatoms. The molecule has 0 fully saturated rings. The molecule has 0 aromatic heterocycles. The van der Waals surface area contributed by atoms with E-state index in [9.17, 15) is 9.90 Å². The van der Waals surface area contributed by atoms with Gasteiger partial charge in [0.05, 0.1) is 5.92 Å². The fraction of sp³-hybridized carbons (Fsp3) is 0.872. The van der Waals surface area contributed by atoms with E-state index in [0.717, 1.165) is 25.7 Å². The Morgan fingerprint density at radius 2 is 0.683 bits per heavy atom. The van der Waals surface area contributed by atoms with Crippen molar-refractivity contribution in [1.82, 2.24) is 0 Å². The number of carboxylic acid groups (broad SMARTS) is 1. The Balaban J connectivity index is 0. The number of aliphatic carboxylic acids is 1.